The molecule has 1 radical (unpaired) electrons. The van der Waals surface area contributed by atoms with Gasteiger partial charge in [-0.2, -0.15) is 0 Å². The van der Waals surface area contributed by atoms with Crippen LogP contribution in [0.2, 0.25) is 0 Å². The van der Waals surface area contributed by atoms with Gasteiger partial charge in [0.1, 0.15) is 5.76 Å². The second kappa shape index (κ2) is 13.8. The SMILES string of the molecule is CC(=O)/C=C(/C)O.Cc1c(-c2ccccc2)oc2[c-]c(-c3nccc4cc(C(C)C)ccc34)cc(-c3ccccc3)c12.[Ir]. The average molecular weight is 745 g/mol. The molecular weight excluding hydrogens is 711 g/mol. The fourth-order valence-corrected chi connectivity index (χ4v) is 5.20. The Morgan fingerprint density at radius 1 is 0.907 bits per heavy atom. The van der Waals surface area contributed by atoms with E-state index in [1.165, 1.54) is 30.9 Å². The number of fused-ring (bicyclic) bond motifs is 2. The average Bonchev–Trinajstić information content (AvgIpc) is 3.32. The number of aliphatic hydroxyl groups excluding tert-OH is 1. The molecule has 1 N–H and O–H groups in total. The van der Waals surface area contributed by atoms with Crippen LogP contribution in [0.4, 0.5) is 0 Å². The standard InChI is InChI=1S/C33H26NO.C5H8O2.Ir/c1-21(2)25-14-15-28-26(18-25)16-17-34-32(28)27-19-29(23-10-6-4-7-11-23)31-22(3)33(35-30(31)20-27)24-12-8-5-9-13-24;1-4(6)3-5(2)7;/h4-19,21H,1-3H3;3,6H,1-2H3;/q-1;;/b;4-3-;. The van der Waals surface area contributed by atoms with Gasteiger partial charge in [0.25, 0.3) is 0 Å². The van der Waals surface area contributed by atoms with Crippen LogP contribution in [-0.2, 0) is 24.9 Å². The molecule has 0 unspecified atom stereocenters. The van der Waals surface area contributed by atoms with Gasteiger partial charge in [-0.15, -0.1) is 11.6 Å². The van der Waals surface area contributed by atoms with E-state index in [0.717, 1.165) is 55.6 Å². The Morgan fingerprint density at radius 2 is 1.56 bits per heavy atom. The van der Waals surface area contributed by atoms with Gasteiger partial charge in [-0.25, -0.2) is 0 Å². The van der Waals surface area contributed by atoms with Gasteiger partial charge in [-0.05, 0) is 65.9 Å². The summed E-state index contributed by atoms with van der Waals surface area (Å²) in [5.41, 5.74) is 8.43. The molecule has 0 saturated carbocycles. The molecule has 4 aromatic carbocycles. The first-order valence-electron chi connectivity index (χ1n) is 14.1. The number of hydrogen-bond acceptors (Lipinski definition) is 4. The van der Waals surface area contributed by atoms with E-state index in [1.54, 1.807) is 0 Å². The molecular formula is C38H34IrNO3-. The minimum atomic E-state index is -0.125. The number of allylic oxidation sites excluding steroid dienone is 2. The van der Waals surface area contributed by atoms with Crippen molar-refractivity contribution in [1.82, 2.24) is 4.98 Å². The summed E-state index contributed by atoms with van der Waals surface area (Å²) in [6.45, 7) is 9.43. The molecule has 0 fully saturated rings. The Hall–Kier alpha value is -4.31. The van der Waals surface area contributed by atoms with Gasteiger partial charge in [0.05, 0.1) is 11.3 Å². The zero-order valence-corrected chi connectivity index (χ0v) is 27.3. The third kappa shape index (κ3) is 7.02. The van der Waals surface area contributed by atoms with E-state index in [1.807, 2.05) is 30.5 Å². The van der Waals surface area contributed by atoms with Crippen LogP contribution in [0, 0.1) is 13.0 Å². The van der Waals surface area contributed by atoms with Gasteiger partial charge in [-0.3, -0.25) is 4.79 Å². The molecule has 0 spiro atoms. The molecule has 0 amide bonds. The van der Waals surface area contributed by atoms with E-state index in [2.05, 4.69) is 93.6 Å². The first-order valence-corrected chi connectivity index (χ1v) is 14.1. The van der Waals surface area contributed by atoms with E-state index in [9.17, 15) is 4.79 Å². The summed E-state index contributed by atoms with van der Waals surface area (Å²) >= 11 is 0. The van der Waals surface area contributed by atoms with Crippen molar-refractivity contribution >= 4 is 27.5 Å². The molecule has 2 aromatic heterocycles. The minimum Gasteiger partial charge on any atom is -0.512 e. The molecule has 0 aliphatic rings. The van der Waals surface area contributed by atoms with Crippen molar-refractivity contribution in [2.24, 2.45) is 0 Å². The number of rotatable bonds is 5. The fourth-order valence-electron chi connectivity index (χ4n) is 5.20. The number of furan rings is 1. The molecule has 5 heteroatoms. The van der Waals surface area contributed by atoms with E-state index in [4.69, 9.17) is 14.5 Å². The fraction of sp³-hybridized carbons (Fsp3) is 0.158. The number of aliphatic hydroxyl groups is 1. The number of hydrogen-bond donors (Lipinski definition) is 1. The van der Waals surface area contributed by atoms with Gasteiger partial charge < -0.3 is 14.5 Å². The largest absolute Gasteiger partial charge is 0.512 e. The summed E-state index contributed by atoms with van der Waals surface area (Å²) in [6.07, 6.45) is 3.06. The number of benzene rings is 4. The van der Waals surface area contributed by atoms with Crippen LogP contribution in [0.25, 0.3) is 55.4 Å². The molecule has 0 saturated heterocycles. The molecule has 0 atom stereocenters. The number of pyridine rings is 1. The number of carbonyl (C=O) groups excluding carboxylic acids is 1. The molecule has 6 rings (SSSR count). The van der Waals surface area contributed by atoms with Crippen LogP contribution in [-0.4, -0.2) is 15.9 Å². The van der Waals surface area contributed by atoms with Crippen molar-refractivity contribution in [2.45, 2.75) is 40.5 Å². The van der Waals surface area contributed by atoms with Crippen LogP contribution < -0.4 is 0 Å². The van der Waals surface area contributed by atoms with Crippen molar-refractivity contribution in [3.8, 4) is 33.7 Å². The third-order valence-electron chi connectivity index (χ3n) is 7.20. The van der Waals surface area contributed by atoms with Crippen LogP contribution >= 0.6 is 0 Å². The maximum Gasteiger partial charge on any atom is 0.155 e. The van der Waals surface area contributed by atoms with E-state index >= 15 is 0 Å². The third-order valence-corrected chi connectivity index (χ3v) is 7.20. The van der Waals surface area contributed by atoms with Crippen molar-refractivity contribution < 1.29 is 34.4 Å². The maximum absolute atomic E-state index is 10.0. The number of ketones is 1. The maximum atomic E-state index is 10.0. The topological polar surface area (TPSA) is 63.3 Å². The van der Waals surface area contributed by atoms with Gasteiger partial charge in [0.2, 0.25) is 0 Å². The Bertz CT molecular complexity index is 1900. The van der Waals surface area contributed by atoms with Crippen molar-refractivity contribution in [1.29, 1.82) is 0 Å². The Morgan fingerprint density at radius 3 is 2.14 bits per heavy atom. The minimum absolute atomic E-state index is 0. The molecule has 2 heterocycles. The Labute approximate surface area is 266 Å². The summed E-state index contributed by atoms with van der Waals surface area (Å²) in [6, 6.07) is 35.4. The summed E-state index contributed by atoms with van der Waals surface area (Å²) in [5.74, 6) is 1.30. The van der Waals surface area contributed by atoms with E-state index in [0.29, 0.717) is 5.92 Å². The smallest absolute Gasteiger partial charge is 0.155 e. The second-order valence-corrected chi connectivity index (χ2v) is 10.8. The Balaban J connectivity index is 0.000000475. The van der Waals surface area contributed by atoms with Crippen LogP contribution in [0.15, 0.2) is 113 Å². The predicted molar refractivity (Wildman–Crippen MR) is 173 cm³/mol. The zero-order chi connectivity index (χ0) is 29.8. The summed E-state index contributed by atoms with van der Waals surface area (Å²) in [5, 5.41) is 11.8. The number of aryl methyl sites for hydroxylation is 1. The molecule has 0 aliphatic heterocycles. The van der Waals surface area contributed by atoms with Gasteiger partial charge >= 0.3 is 0 Å². The van der Waals surface area contributed by atoms with Crippen LogP contribution in [0.3, 0.4) is 0 Å². The normalized spacial score (nSPS) is 11.3. The zero-order valence-electron chi connectivity index (χ0n) is 24.9. The molecule has 6 aromatic rings. The summed E-state index contributed by atoms with van der Waals surface area (Å²) in [7, 11) is 0. The number of nitrogens with zero attached hydrogens (tertiary/aromatic N) is 1. The van der Waals surface area contributed by atoms with Crippen molar-refractivity contribution in [3.05, 3.63) is 126 Å². The molecule has 0 aliphatic carbocycles. The van der Waals surface area contributed by atoms with Crippen molar-refractivity contribution in [2.75, 3.05) is 0 Å². The number of aromatic nitrogens is 1. The molecule has 219 valence electrons. The van der Waals surface area contributed by atoms with Gasteiger partial charge in [0.15, 0.2) is 5.78 Å². The molecule has 43 heavy (non-hydrogen) atoms. The number of carbonyl (C=O) groups is 1. The molecule has 4 nitrogen and oxygen atoms in total. The van der Waals surface area contributed by atoms with Crippen LogP contribution in [0.1, 0.15) is 44.7 Å². The first-order chi connectivity index (χ1) is 20.2. The monoisotopic (exact) mass is 745 g/mol. The second-order valence-electron chi connectivity index (χ2n) is 10.8. The van der Waals surface area contributed by atoms with Gasteiger partial charge in [0, 0.05) is 37.9 Å². The predicted octanol–water partition coefficient (Wildman–Crippen LogP) is 10.2. The van der Waals surface area contributed by atoms with E-state index < -0.39 is 0 Å². The quantitative estimate of drug-likeness (QED) is 0.108. The first kappa shape index (κ1) is 31.6. The van der Waals surface area contributed by atoms with Crippen LogP contribution in [0.5, 0.6) is 0 Å². The van der Waals surface area contributed by atoms with Gasteiger partial charge in [-0.1, -0.05) is 110 Å². The molecule has 0 bridgehead atoms. The summed E-state index contributed by atoms with van der Waals surface area (Å²) in [4.78, 5) is 14.8. The van der Waals surface area contributed by atoms with Crippen molar-refractivity contribution in [3.63, 3.8) is 0 Å². The van der Waals surface area contributed by atoms with E-state index in [-0.39, 0.29) is 31.6 Å². The summed E-state index contributed by atoms with van der Waals surface area (Å²) < 4.78 is 6.49. The Kier molecular flexibility index (Phi) is 10.1.